The highest BCUT2D eigenvalue weighted by molar-refractivity contribution is 7.09. The lowest BCUT2D eigenvalue weighted by atomic mass is 9.70. The summed E-state index contributed by atoms with van der Waals surface area (Å²) in [6.07, 6.45) is 4.54. The van der Waals surface area contributed by atoms with Crippen LogP contribution in [0.4, 0.5) is 0 Å². The van der Waals surface area contributed by atoms with Gasteiger partial charge >= 0.3 is 0 Å². The Kier molecular flexibility index (Phi) is 3.35. The number of hydrogen-bond acceptors (Lipinski definition) is 3. The smallest absolute Gasteiger partial charge is 0.113 e. The molecule has 1 aliphatic carbocycles. The van der Waals surface area contributed by atoms with Gasteiger partial charge in [0.25, 0.3) is 0 Å². The Morgan fingerprint density at radius 2 is 1.72 bits per heavy atom. The minimum Gasteiger partial charge on any atom is -0.319 e. The Morgan fingerprint density at radius 1 is 1.17 bits per heavy atom. The van der Waals surface area contributed by atoms with Crippen LogP contribution < -0.4 is 5.73 Å². The summed E-state index contributed by atoms with van der Waals surface area (Å²) in [4.78, 5) is 4.82. The summed E-state index contributed by atoms with van der Waals surface area (Å²) >= 11 is 1.75. The Balaban J connectivity index is 2.19. The summed E-state index contributed by atoms with van der Waals surface area (Å²) in [5, 5.41) is 3.33. The van der Waals surface area contributed by atoms with Gasteiger partial charge in [-0.2, -0.15) is 0 Å². The standard InChI is InChI=1S/C15H26N2S/c1-13(2,3)11-10-18-12(17-11)15(16)8-6-14(4,5)7-9-15/h10H,6-9,16H2,1-5H3. The van der Waals surface area contributed by atoms with E-state index in [1.54, 1.807) is 11.3 Å². The third kappa shape index (κ3) is 2.77. The van der Waals surface area contributed by atoms with Crippen molar-refractivity contribution < 1.29 is 0 Å². The Bertz CT molecular complexity index is 416. The molecule has 102 valence electrons. The van der Waals surface area contributed by atoms with Crippen LogP contribution in [0.1, 0.15) is 71.0 Å². The van der Waals surface area contributed by atoms with Crippen molar-refractivity contribution in [2.45, 2.75) is 71.3 Å². The summed E-state index contributed by atoms with van der Waals surface area (Å²) in [5.74, 6) is 0. The van der Waals surface area contributed by atoms with Crippen LogP contribution in [0.2, 0.25) is 0 Å². The molecule has 1 aromatic rings. The lowest BCUT2D eigenvalue weighted by Gasteiger charge is -2.40. The van der Waals surface area contributed by atoms with Gasteiger partial charge in [-0.25, -0.2) is 4.98 Å². The van der Waals surface area contributed by atoms with Crippen molar-refractivity contribution in [1.82, 2.24) is 4.98 Å². The zero-order chi connectivity index (χ0) is 13.6. The Hall–Kier alpha value is -0.410. The van der Waals surface area contributed by atoms with E-state index in [1.165, 1.54) is 18.5 Å². The van der Waals surface area contributed by atoms with Crippen molar-refractivity contribution in [2.75, 3.05) is 0 Å². The van der Waals surface area contributed by atoms with Crippen LogP contribution in [0.5, 0.6) is 0 Å². The molecule has 0 aliphatic heterocycles. The van der Waals surface area contributed by atoms with Crippen LogP contribution in [0.3, 0.4) is 0 Å². The van der Waals surface area contributed by atoms with Crippen molar-refractivity contribution in [3.05, 3.63) is 16.1 Å². The molecule has 0 spiro atoms. The Morgan fingerprint density at radius 3 is 2.17 bits per heavy atom. The fourth-order valence-electron chi connectivity index (χ4n) is 2.43. The number of hydrogen-bond donors (Lipinski definition) is 1. The maximum atomic E-state index is 6.61. The SMILES string of the molecule is CC1(C)CCC(N)(c2nc(C(C)(C)C)cs2)CC1. The van der Waals surface area contributed by atoms with E-state index in [0.29, 0.717) is 5.41 Å². The summed E-state index contributed by atoms with van der Waals surface area (Å²) in [6.45, 7) is 11.3. The van der Waals surface area contributed by atoms with E-state index in [2.05, 4.69) is 40.0 Å². The van der Waals surface area contributed by atoms with Gasteiger partial charge in [0, 0.05) is 10.8 Å². The first-order valence-electron chi connectivity index (χ1n) is 6.88. The van der Waals surface area contributed by atoms with E-state index in [9.17, 15) is 0 Å². The molecule has 0 aromatic carbocycles. The molecule has 1 aliphatic rings. The predicted octanol–water partition coefficient (Wildman–Crippen LogP) is 4.19. The van der Waals surface area contributed by atoms with Gasteiger partial charge in [-0.15, -0.1) is 11.3 Å². The second-order valence-electron chi connectivity index (χ2n) is 7.61. The first-order chi connectivity index (χ1) is 8.12. The van der Waals surface area contributed by atoms with Crippen LogP contribution >= 0.6 is 11.3 Å². The topological polar surface area (TPSA) is 38.9 Å². The van der Waals surface area contributed by atoms with Gasteiger partial charge in [-0.05, 0) is 31.1 Å². The first-order valence-corrected chi connectivity index (χ1v) is 7.76. The summed E-state index contributed by atoms with van der Waals surface area (Å²) in [6, 6.07) is 0. The molecule has 0 amide bonds. The average Bonchev–Trinajstić information content (AvgIpc) is 2.72. The van der Waals surface area contributed by atoms with Crippen molar-refractivity contribution in [3.63, 3.8) is 0 Å². The third-order valence-corrected chi connectivity index (χ3v) is 5.26. The minimum absolute atomic E-state index is 0.124. The van der Waals surface area contributed by atoms with Gasteiger partial charge < -0.3 is 5.73 Å². The lowest BCUT2D eigenvalue weighted by Crippen LogP contribution is -2.42. The van der Waals surface area contributed by atoms with Gasteiger partial charge in [-0.3, -0.25) is 0 Å². The molecule has 0 radical (unpaired) electrons. The largest absolute Gasteiger partial charge is 0.319 e. The molecule has 1 fully saturated rings. The molecule has 0 saturated heterocycles. The van der Waals surface area contributed by atoms with Crippen LogP contribution in [0.15, 0.2) is 5.38 Å². The van der Waals surface area contributed by atoms with E-state index >= 15 is 0 Å². The fourth-order valence-corrected chi connectivity index (χ4v) is 3.65. The van der Waals surface area contributed by atoms with Crippen LogP contribution in [0, 0.1) is 5.41 Å². The van der Waals surface area contributed by atoms with Gasteiger partial charge in [0.2, 0.25) is 0 Å². The van der Waals surface area contributed by atoms with Crippen molar-refractivity contribution in [2.24, 2.45) is 11.1 Å². The molecule has 2 rings (SSSR count). The van der Waals surface area contributed by atoms with Crippen molar-refractivity contribution >= 4 is 11.3 Å². The number of nitrogens with two attached hydrogens (primary N) is 1. The van der Waals surface area contributed by atoms with E-state index in [4.69, 9.17) is 10.7 Å². The maximum Gasteiger partial charge on any atom is 0.113 e. The maximum absolute atomic E-state index is 6.61. The molecule has 0 unspecified atom stereocenters. The lowest BCUT2D eigenvalue weighted by molar-refractivity contribution is 0.165. The molecule has 1 heterocycles. The zero-order valence-corrected chi connectivity index (χ0v) is 13.2. The van der Waals surface area contributed by atoms with E-state index in [-0.39, 0.29) is 11.0 Å². The molecule has 1 aromatic heterocycles. The quantitative estimate of drug-likeness (QED) is 0.827. The molecule has 3 heteroatoms. The summed E-state index contributed by atoms with van der Waals surface area (Å²) < 4.78 is 0. The molecule has 2 nitrogen and oxygen atoms in total. The summed E-state index contributed by atoms with van der Waals surface area (Å²) in [5.41, 5.74) is 8.18. The highest BCUT2D eigenvalue weighted by atomic mass is 32.1. The molecule has 18 heavy (non-hydrogen) atoms. The molecular formula is C15H26N2S. The van der Waals surface area contributed by atoms with Gasteiger partial charge in [0.15, 0.2) is 0 Å². The Labute approximate surface area is 115 Å². The predicted molar refractivity (Wildman–Crippen MR) is 78.9 cm³/mol. The third-order valence-electron chi connectivity index (χ3n) is 4.19. The second-order valence-corrected chi connectivity index (χ2v) is 8.47. The van der Waals surface area contributed by atoms with Crippen LogP contribution in [-0.4, -0.2) is 4.98 Å². The van der Waals surface area contributed by atoms with E-state index < -0.39 is 0 Å². The number of nitrogens with zero attached hydrogens (tertiary/aromatic N) is 1. The van der Waals surface area contributed by atoms with E-state index in [1.807, 2.05) is 0 Å². The number of thiazole rings is 1. The molecule has 0 bridgehead atoms. The zero-order valence-electron chi connectivity index (χ0n) is 12.3. The van der Waals surface area contributed by atoms with Gasteiger partial charge in [0.05, 0.1) is 11.2 Å². The second kappa shape index (κ2) is 4.31. The normalized spacial score (nSPS) is 23.0. The van der Waals surface area contributed by atoms with E-state index in [0.717, 1.165) is 17.8 Å². The molecular weight excluding hydrogens is 240 g/mol. The first kappa shape index (κ1) is 14.0. The summed E-state index contributed by atoms with van der Waals surface area (Å²) in [7, 11) is 0. The molecule has 2 N–H and O–H groups in total. The van der Waals surface area contributed by atoms with Crippen molar-refractivity contribution in [3.8, 4) is 0 Å². The van der Waals surface area contributed by atoms with Crippen molar-refractivity contribution in [1.29, 1.82) is 0 Å². The van der Waals surface area contributed by atoms with Crippen LogP contribution in [0.25, 0.3) is 0 Å². The fraction of sp³-hybridized carbons (Fsp3) is 0.800. The van der Waals surface area contributed by atoms with Gasteiger partial charge in [0.1, 0.15) is 5.01 Å². The minimum atomic E-state index is -0.177. The number of rotatable bonds is 1. The molecule has 0 atom stereocenters. The van der Waals surface area contributed by atoms with Gasteiger partial charge in [-0.1, -0.05) is 34.6 Å². The van der Waals surface area contributed by atoms with Crippen LogP contribution in [-0.2, 0) is 11.0 Å². The highest BCUT2D eigenvalue weighted by Gasteiger charge is 2.39. The average molecular weight is 266 g/mol. The molecule has 1 saturated carbocycles. The highest BCUT2D eigenvalue weighted by Crippen LogP contribution is 2.44. The number of aromatic nitrogens is 1. The monoisotopic (exact) mass is 266 g/mol.